The van der Waals surface area contributed by atoms with Crippen LogP contribution in [0.3, 0.4) is 0 Å². The molecular formula is C34H33ClN2O5. The summed E-state index contributed by atoms with van der Waals surface area (Å²) in [5.74, 6) is 2.68. The average molecular weight is 585 g/mol. The number of nitrogens with zero attached hydrogens (tertiary/aromatic N) is 2. The number of halogens is 1. The van der Waals surface area contributed by atoms with E-state index < -0.39 is 6.29 Å². The monoisotopic (exact) mass is 584 g/mol. The Balaban J connectivity index is 1.38. The topological polar surface area (TPSA) is 73.5 Å². The predicted molar refractivity (Wildman–Crippen MR) is 164 cm³/mol. The first-order valence-electron chi connectivity index (χ1n) is 14.2. The fraction of sp³-hybridized carbons (Fsp3) is 0.294. The molecule has 2 atom stereocenters. The number of hydrogen-bond donors (Lipinski definition) is 0. The van der Waals surface area contributed by atoms with E-state index >= 15 is 0 Å². The first-order valence-corrected chi connectivity index (χ1v) is 14.5. The van der Waals surface area contributed by atoms with Crippen molar-refractivity contribution in [1.82, 2.24) is 4.90 Å². The fourth-order valence-electron chi connectivity index (χ4n) is 5.71. The van der Waals surface area contributed by atoms with Gasteiger partial charge in [-0.25, -0.2) is 0 Å². The van der Waals surface area contributed by atoms with Gasteiger partial charge in [-0.2, -0.15) is 0 Å². The van der Waals surface area contributed by atoms with E-state index in [1.807, 2.05) is 42.5 Å². The van der Waals surface area contributed by atoms with Crippen LogP contribution in [0.4, 0.5) is 0 Å². The van der Waals surface area contributed by atoms with Crippen LogP contribution in [0.1, 0.15) is 42.3 Å². The van der Waals surface area contributed by atoms with E-state index in [0.29, 0.717) is 64.8 Å². The summed E-state index contributed by atoms with van der Waals surface area (Å²) in [6, 6.07) is 22.7. The van der Waals surface area contributed by atoms with Gasteiger partial charge in [0, 0.05) is 36.0 Å². The molecule has 0 saturated carbocycles. The molecule has 216 valence electrons. The van der Waals surface area contributed by atoms with Gasteiger partial charge in [-0.05, 0) is 41.3 Å². The van der Waals surface area contributed by atoms with Crippen LogP contribution in [0.25, 0.3) is 11.0 Å². The molecule has 0 aliphatic carbocycles. The molecule has 0 spiro atoms. The maximum Gasteiger partial charge on any atom is 0.244 e. The third-order valence-electron chi connectivity index (χ3n) is 7.66. The number of ether oxygens (including phenoxy) is 3. The summed E-state index contributed by atoms with van der Waals surface area (Å²) in [6.45, 7) is 5.49. The van der Waals surface area contributed by atoms with Crippen LogP contribution in [0.2, 0.25) is 5.02 Å². The van der Waals surface area contributed by atoms with Gasteiger partial charge in [0.25, 0.3) is 0 Å². The maximum absolute atomic E-state index is 14.1. The third-order valence-corrected chi connectivity index (χ3v) is 7.89. The Kier molecular flexibility index (Phi) is 7.94. The van der Waals surface area contributed by atoms with Crippen molar-refractivity contribution in [1.29, 1.82) is 0 Å². The molecule has 0 bridgehead atoms. The van der Waals surface area contributed by atoms with Crippen molar-refractivity contribution in [2.24, 2.45) is 10.9 Å². The Morgan fingerprint density at radius 1 is 1.05 bits per heavy atom. The molecule has 0 saturated heterocycles. The molecule has 6 rings (SSSR count). The predicted octanol–water partition coefficient (Wildman–Crippen LogP) is 6.91. The summed E-state index contributed by atoms with van der Waals surface area (Å²) in [5.41, 5.74) is 3.07. The average Bonchev–Trinajstić information content (AvgIpc) is 3.65. The molecule has 42 heavy (non-hydrogen) atoms. The Bertz CT molecular complexity index is 1710. The summed E-state index contributed by atoms with van der Waals surface area (Å²) < 4.78 is 24.2. The summed E-state index contributed by atoms with van der Waals surface area (Å²) >= 11 is 6.33. The van der Waals surface area contributed by atoms with Gasteiger partial charge in [0.15, 0.2) is 11.3 Å². The molecule has 4 aromatic rings. The van der Waals surface area contributed by atoms with Crippen LogP contribution in [-0.2, 0) is 22.3 Å². The second-order valence-corrected chi connectivity index (χ2v) is 11.3. The molecule has 3 heterocycles. The third kappa shape index (κ3) is 5.61. The van der Waals surface area contributed by atoms with Crippen LogP contribution in [-0.4, -0.2) is 37.2 Å². The van der Waals surface area contributed by atoms with E-state index in [1.165, 1.54) is 0 Å². The number of aliphatic imine (C=N–C) groups is 1. The molecule has 2 aliphatic heterocycles. The van der Waals surface area contributed by atoms with E-state index in [0.717, 1.165) is 16.9 Å². The number of hydrogen-bond acceptors (Lipinski definition) is 7. The highest BCUT2D eigenvalue weighted by molar-refractivity contribution is 6.31. The Labute approximate surface area is 250 Å². The van der Waals surface area contributed by atoms with Gasteiger partial charge in [0.2, 0.25) is 12.0 Å². The molecule has 2 aliphatic rings. The van der Waals surface area contributed by atoms with Crippen molar-refractivity contribution >= 4 is 28.4 Å². The van der Waals surface area contributed by atoms with Gasteiger partial charge >= 0.3 is 0 Å². The van der Waals surface area contributed by atoms with E-state index in [2.05, 4.69) is 30.9 Å². The van der Waals surface area contributed by atoms with Gasteiger partial charge in [0.1, 0.15) is 23.4 Å². The zero-order valence-corrected chi connectivity index (χ0v) is 24.6. The number of fused-ring (bicyclic) bond motifs is 1. The molecule has 8 heteroatoms. The maximum atomic E-state index is 14.1. The van der Waals surface area contributed by atoms with Crippen LogP contribution < -0.4 is 10.2 Å². The van der Waals surface area contributed by atoms with Gasteiger partial charge in [-0.3, -0.25) is 9.79 Å². The minimum Gasteiger partial charge on any atom is -0.497 e. The highest BCUT2D eigenvalue weighted by Gasteiger charge is 2.38. The SMILES string of the molecule is COc1cccc(Cc2c(C(C(C)C)N3CCN=C3C3=COC(Cc4ccccc4)O3)oc3cc(Cl)ccc3c2=O)c1. The van der Waals surface area contributed by atoms with Crippen molar-refractivity contribution in [2.75, 3.05) is 20.2 Å². The lowest BCUT2D eigenvalue weighted by molar-refractivity contribution is -0.0263. The van der Waals surface area contributed by atoms with E-state index in [9.17, 15) is 4.79 Å². The smallest absolute Gasteiger partial charge is 0.244 e. The largest absolute Gasteiger partial charge is 0.497 e. The van der Waals surface area contributed by atoms with Crippen molar-refractivity contribution < 1.29 is 18.6 Å². The Morgan fingerprint density at radius 3 is 2.64 bits per heavy atom. The van der Waals surface area contributed by atoms with Crippen molar-refractivity contribution in [3.63, 3.8) is 0 Å². The van der Waals surface area contributed by atoms with Crippen LogP contribution in [0, 0.1) is 5.92 Å². The molecule has 0 N–H and O–H groups in total. The lowest BCUT2D eigenvalue weighted by atomic mass is 9.92. The summed E-state index contributed by atoms with van der Waals surface area (Å²) in [6.07, 6.45) is 2.22. The zero-order valence-electron chi connectivity index (χ0n) is 23.9. The molecule has 0 fully saturated rings. The highest BCUT2D eigenvalue weighted by atomic mass is 35.5. The Morgan fingerprint density at radius 2 is 1.86 bits per heavy atom. The second kappa shape index (κ2) is 11.9. The van der Waals surface area contributed by atoms with Crippen LogP contribution in [0.5, 0.6) is 5.75 Å². The molecular weight excluding hydrogens is 552 g/mol. The lowest BCUT2D eigenvalue weighted by Gasteiger charge is -2.33. The van der Waals surface area contributed by atoms with E-state index in [4.69, 9.17) is 35.2 Å². The quantitative estimate of drug-likeness (QED) is 0.213. The number of methoxy groups -OCH3 is 1. The lowest BCUT2D eigenvalue weighted by Crippen LogP contribution is -2.37. The number of amidine groups is 1. The minimum atomic E-state index is -0.436. The normalized spacial score (nSPS) is 17.2. The summed E-state index contributed by atoms with van der Waals surface area (Å²) in [4.78, 5) is 21.1. The second-order valence-electron chi connectivity index (χ2n) is 10.9. The first-order chi connectivity index (χ1) is 20.4. The van der Waals surface area contributed by atoms with E-state index in [-0.39, 0.29) is 17.4 Å². The van der Waals surface area contributed by atoms with Crippen LogP contribution in [0.15, 0.2) is 99.0 Å². The summed E-state index contributed by atoms with van der Waals surface area (Å²) in [7, 11) is 1.63. The fourth-order valence-corrected chi connectivity index (χ4v) is 5.87. The first kappa shape index (κ1) is 27.9. The minimum absolute atomic E-state index is 0.0696. The van der Waals surface area contributed by atoms with Crippen molar-refractivity contribution in [3.05, 3.63) is 123 Å². The molecule has 1 aromatic heterocycles. The van der Waals surface area contributed by atoms with E-state index in [1.54, 1.807) is 31.6 Å². The highest BCUT2D eigenvalue weighted by Crippen LogP contribution is 2.37. The molecule has 0 amide bonds. The van der Waals surface area contributed by atoms with Gasteiger partial charge in [0.05, 0.1) is 25.1 Å². The Hall–Kier alpha value is -4.23. The number of rotatable bonds is 9. The van der Waals surface area contributed by atoms with Gasteiger partial charge in [-0.1, -0.05) is 67.9 Å². The van der Waals surface area contributed by atoms with Gasteiger partial charge < -0.3 is 23.5 Å². The van der Waals surface area contributed by atoms with Crippen molar-refractivity contribution in [3.8, 4) is 5.75 Å². The van der Waals surface area contributed by atoms with Crippen LogP contribution >= 0.6 is 11.6 Å². The zero-order chi connectivity index (χ0) is 29.2. The molecule has 3 aromatic carbocycles. The summed E-state index contributed by atoms with van der Waals surface area (Å²) in [5, 5.41) is 1.01. The molecule has 2 unspecified atom stereocenters. The van der Waals surface area contributed by atoms with Gasteiger partial charge in [-0.15, -0.1) is 0 Å². The molecule has 7 nitrogen and oxygen atoms in total. The van der Waals surface area contributed by atoms with Crippen molar-refractivity contribution in [2.45, 2.75) is 39.0 Å². The number of benzene rings is 3. The molecule has 0 radical (unpaired) electrons. The standard InChI is InChI=1S/C34H33ClN2O5/c1-21(2)31(37-15-14-36-34(37)29-20-40-30(41-29)18-22-8-5-4-6-9-22)33-27(17-23-10-7-11-25(16-23)39-3)32(38)26-13-12-24(35)19-28(26)42-33/h4-13,16,19-21,30-31H,14-15,17-18H2,1-3H3.